The van der Waals surface area contributed by atoms with Gasteiger partial charge in [-0.1, -0.05) is 18.2 Å². The molecule has 1 aromatic carbocycles. The van der Waals surface area contributed by atoms with Crippen LogP contribution in [0.15, 0.2) is 54.9 Å². The number of pyridine rings is 1. The number of rotatable bonds is 5. The minimum atomic E-state index is -0.338. The normalized spacial score (nSPS) is 16.4. The second-order valence-corrected chi connectivity index (χ2v) is 8.00. The van der Waals surface area contributed by atoms with Crippen LogP contribution in [0, 0.1) is 5.82 Å². The average molecular weight is 433 g/mol. The van der Waals surface area contributed by atoms with Crippen LogP contribution in [0.3, 0.4) is 0 Å². The molecule has 1 aliphatic rings. The van der Waals surface area contributed by atoms with Crippen molar-refractivity contribution < 1.29 is 13.9 Å². The van der Waals surface area contributed by atoms with Crippen LogP contribution in [0.4, 0.5) is 4.39 Å². The lowest BCUT2D eigenvalue weighted by molar-refractivity contribution is -0.0394. The number of aromatic nitrogens is 4. The number of carbonyl (C=O) groups is 1. The van der Waals surface area contributed by atoms with Crippen molar-refractivity contribution in [3.05, 3.63) is 71.9 Å². The molecule has 1 unspecified atom stereocenters. The summed E-state index contributed by atoms with van der Waals surface area (Å²) in [6.45, 7) is 0.878. The van der Waals surface area contributed by atoms with E-state index < -0.39 is 0 Å². The van der Waals surface area contributed by atoms with Gasteiger partial charge in [-0.3, -0.25) is 4.79 Å². The quantitative estimate of drug-likeness (QED) is 0.512. The zero-order valence-corrected chi connectivity index (χ0v) is 17.8. The maximum absolute atomic E-state index is 13.8. The fraction of sp³-hybridized carbons (Fsp3) is 0.292. The number of aryl methyl sites for hydroxylation is 1. The zero-order valence-electron chi connectivity index (χ0n) is 17.8. The minimum absolute atomic E-state index is 0.0268. The lowest BCUT2D eigenvalue weighted by Gasteiger charge is -2.22. The molecular formula is C24H24FN5O2. The molecule has 8 heteroatoms. The van der Waals surface area contributed by atoms with E-state index in [9.17, 15) is 9.18 Å². The molecule has 1 fully saturated rings. The van der Waals surface area contributed by atoms with Gasteiger partial charge in [0.25, 0.3) is 5.91 Å². The predicted octanol–water partition coefficient (Wildman–Crippen LogP) is 4.21. The number of benzene rings is 1. The average Bonchev–Trinajstić information content (AvgIpc) is 3.44. The van der Waals surface area contributed by atoms with Crippen molar-refractivity contribution in [3.8, 4) is 11.3 Å². The molecule has 0 bridgehead atoms. The Balaban J connectivity index is 1.37. The molecule has 4 aromatic rings. The molecule has 0 saturated carbocycles. The van der Waals surface area contributed by atoms with Gasteiger partial charge in [-0.15, -0.1) is 0 Å². The molecule has 0 spiro atoms. The van der Waals surface area contributed by atoms with Crippen molar-refractivity contribution in [2.75, 3.05) is 6.61 Å². The SMILES string of the molecule is Cn1c(C(=O)NCc2ccccc2F)cc2ccc(-c3cnn(C4CCCCO4)c3)nc21. The number of halogens is 1. The van der Waals surface area contributed by atoms with E-state index in [-0.39, 0.29) is 24.5 Å². The Morgan fingerprint density at radius 3 is 2.94 bits per heavy atom. The molecule has 1 aliphatic heterocycles. The van der Waals surface area contributed by atoms with Gasteiger partial charge in [0, 0.05) is 42.9 Å². The number of hydrogen-bond donors (Lipinski definition) is 1. The van der Waals surface area contributed by atoms with Gasteiger partial charge in [-0.25, -0.2) is 14.1 Å². The lowest BCUT2D eigenvalue weighted by Crippen LogP contribution is -2.25. The summed E-state index contributed by atoms with van der Waals surface area (Å²) < 4.78 is 23.2. The highest BCUT2D eigenvalue weighted by molar-refractivity contribution is 5.98. The highest BCUT2D eigenvalue weighted by Crippen LogP contribution is 2.26. The molecule has 4 heterocycles. The van der Waals surface area contributed by atoms with Crippen molar-refractivity contribution in [3.63, 3.8) is 0 Å². The summed E-state index contributed by atoms with van der Waals surface area (Å²) in [6, 6.07) is 12.1. The van der Waals surface area contributed by atoms with Gasteiger partial charge in [0.2, 0.25) is 0 Å². The summed E-state index contributed by atoms with van der Waals surface area (Å²) in [7, 11) is 1.80. The van der Waals surface area contributed by atoms with E-state index >= 15 is 0 Å². The van der Waals surface area contributed by atoms with E-state index in [2.05, 4.69) is 10.4 Å². The van der Waals surface area contributed by atoms with Crippen LogP contribution in [-0.2, 0) is 18.3 Å². The third kappa shape index (κ3) is 3.89. The molecule has 32 heavy (non-hydrogen) atoms. The van der Waals surface area contributed by atoms with Crippen LogP contribution in [-0.4, -0.2) is 31.8 Å². The Morgan fingerprint density at radius 1 is 1.25 bits per heavy atom. The summed E-state index contributed by atoms with van der Waals surface area (Å²) in [5.74, 6) is -0.618. The first-order valence-electron chi connectivity index (χ1n) is 10.7. The van der Waals surface area contributed by atoms with Crippen LogP contribution >= 0.6 is 0 Å². The summed E-state index contributed by atoms with van der Waals surface area (Å²) in [5.41, 5.74) is 3.28. The third-order valence-corrected chi connectivity index (χ3v) is 5.85. The van der Waals surface area contributed by atoms with Crippen LogP contribution in [0.2, 0.25) is 0 Å². The van der Waals surface area contributed by atoms with Gasteiger partial charge in [-0.05, 0) is 43.5 Å². The number of nitrogens with one attached hydrogen (secondary N) is 1. The Hall–Kier alpha value is -3.52. The number of hydrogen-bond acceptors (Lipinski definition) is 4. The van der Waals surface area contributed by atoms with Gasteiger partial charge in [0.1, 0.15) is 23.4 Å². The first-order chi connectivity index (χ1) is 15.6. The molecule has 1 saturated heterocycles. The van der Waals surface area contributed by atoms with Crippen molar-refractivity contribution in [1.29, 1.82) is 0 Å². The predicted molar refractivity (Wildman–Crippen MR) is 118 cm³/mol. The number of nitrogens with zero attached hydrogens (tertiary/aromatic N) is 4. The van der Waals surface area contributed by atoms with Gasteiger partial charge >= 0.3 is 0 Å². The first kappa shape index (κ1) is 20.4. The van der Waals surface area contributed by atoms with Gasteiger partial charge in [0.15, 0.2) is 0 Å². The molecule has 1 atom stereocenters. The monoisotopic (exact) mass is 433 g/mol. The van der Waals surface area contributed by atoms with Crippen molar-refractivity contribution in [1.82, 2.24) is 24.6 Å². The standard InChI is InChI=1S/C24H24FN5O2/c1-29-21(24(31)26-13-17-6-2-3-7-19(17)25)12-16-9-10-20(28-23(16)29)18-14-27-30(15-18)22-8-4-5-11-32-22/h2-3,6-7,9-10,12,14-15,22H,4-5,8,11,13H2,1H3,(H,26,31). The number of amides is 1. The van der Waals surface area contributed by atoms with Crippen LogP contribution in [0.5, 0.6) is 0 Å². The highest BCUT2D eigenvalue weighted by atomic mass is 19.1. The second kappa shape index (κ2) is 8.55. The maximum Gasteiger partial charge on any atom is 0.268 e. The fourth-order valence-corrected chi connectivity index (χ4v) is 4.05. The van der Waals surface area contributed by atoms with Crippen molar-refractivity contribution in [2.24, 2.45) is 7.05 Å². The van der Waals surface area contributed by atoms with Gasteiger partial charge in [0.05, 0.1) is 11.9 Å². The number of carbonyl (C=O) groups excluding carboxylic acids is 1. The highest BCUT2D eigenvalue weighted by Gasteiger charge is 2.18. The second-order valence-electron chi connectivity index (χ2n) is 8.00. The van der Waals surface area contributed by atoms with E-state index in [1.54, 1.807) is 42.1 Å². The van der Waals surface area contributed by atoms with E-state index in [0.717, 1.165) is 42.5 Å². The molecule has 0 aliphatic carbocycles. The van der Waals surface area contributed by atoms with Crippen LogP contribution in [0.25, 0.3) is 22.3 Å². The molecule has 3 aromatic heterocycles. The summed E-state index contributed by atoms with van der Waals surface area (Å²) in [4.78, 5) is 17.5. The largest absolute Gasteiger partial charge is 0.357 e. The van der Waals surface area contributed by atoms with E-state index in [1.807, 2.05) is 23.0 Å². The lowest BCUT2D eigenvalue weighted by atomic mass is 10.2. The Kier molecular flexibility index (Phi) is 5.45. The zero-order chi connectivity index (χ0) is 22.1. The van der Waals surface area contributed by atoms with Crippen LogP contribution < -0.4 is 5.32 Å². The van der Waals surface area contributed by atoms with Crippen LogP contribution in [0.1, 0.15) is 41.5 Å². The first-order valence-corrected chi connectivity index (χ1v) is 10.7. The summed E-state index contributed by atoms with van der Waals surface area (Å²) >= 11 is 0. The smallest absolute Gasteiger partial charge is 0.268 e. The molecule has 1 N–H and O–H groups in total. The summed E-state index contributed by atoms with van der Waals surface area (Å²) in [5, 5.41) is 8.11. The van der Waals surface area contributed by atoms with Crippen molar-refractivity contribution >= 4 is 16.9 Å². The molecule has 164 valence electrons. The molecule has 0 radical (unpaired) electrons. The molecular weight excluding hydrogens is 409 g/mol. The van der Waals surface area contributed by atoms with E-state index in [4.69, 9.17) is 9.72 Å². The topological polar surface area (TPSA) is 74.0 Å². The van der Waals surface area contributed by atoms with Gasteiger partial charge < -0.3 is 14.6 Å². The molecule has 1 amide bonds. The number of fused-ring (bicyclic) bond motifs is 1. The van der Waals surface area contributed by atoms with Gasteiger partial charge in [-0.2, -0.15) is 5.10 Å². The van der Waals surface area contributed by atoms with E-state index in [0.29, 0.717) is 16.9 Å². The minimum Gasteiger partial charge on any atom is -0.357 e. The van der Waals surface area contributed by atoms with Crippen molar-refractivity contribution in [2.45, 2.75) is 32.0 Å². The van der Waals surface area contributed by atoms with E-state index in [1.165, 1.54) is 6.07 Å². The Bertz CT molecular complexity index is 1270. The summed E-state index contributed by atoms with van der Waals surface area (Å²) in [6.07, 6.45) is 6.89. The Labute approximate surface area is 184 Å². The maximum atomic E-state index is 13.8. The fourth-order valence-electron chi connectivity index (χ4n) is 4.05. The molecule has 5 rings (SSSR count). The Morgan fingerprint density at radius 2 is 2.12 bits per heavy atom. The molecule has 7 nitrogen and oxygen atoms in total. The third-order valence-electron chi connectivity index (χ3n) is 5.85. The number of ether oxygens (including phenoxy) is 1.